The zero-order valence-electron chi connectivity index (χ0n) is 13.3. The zero-order valence-corrected chi connectivity index (χ0v) is 14.9. The molecule has 4 heterocycles. The summed E-state index contributed by atoms with van der Waals surface area (Å²) < 4.78 is 16.9. The number of aromatic nitrogens is 4. The highest BCUT2D eigenvalue weighted by Crippen LogP contribution is 2.36. The summed E-state index contributed by atoms with van der Waals surface area (Å²) in [7, 11) is 0. The van der Waals surface area contributed by atoms with Gasteiger partial charge < -0.3 is 15.2 Å². The highest BCUT2D eigenvalue weighted by Gasteiger charge is 2.31. The van der Waals surface area contributed by atoms with E-state index in [1.807, 2.05) is 16.8 Å². The minimum absolute atomic E-state index is 0.0109. The van der Waals surface area contributed by atoms with E-state index in [-0.39, 0.29) is 23.6 Å². The molecule has 9 heteroatoms. The maximum Gasteiger partial charge on any atom is 0.220 e. The summed E-state index contributed by atoms with van der Waals surface area (Å²) in [6.07, 6.45) is 4.63. The number of carbonyl (C=O) groups is 1. The molecule has 2 N–H and O–H groups in total. The Morgan fingerprint density at radius 3 is 2.84 bits per heavy atom. The van der Waals surface area contributed by atoms with Gasteiger partial charge in [0.2, 0.25) is 11.9 Å². The first kappa shape index (κ1) is 15.9. The smallest absolute Gasteiger partial charge is 0.220 e. The summed E-state index contributed by atoms with van der Waals surface area (Å²) in [5, 5.41) is 0.806. The molecule has 1 saturated heterocycles. The van der Waals surface area contributed by atoms with Gasteiger partial charge in [-0.15, -0.1) is 0 Å². The number of amides is 1. The average Bonchev–Trinajstić information content (AvgIpc) is 2.86. The van der Waals surface area contributed by atoms with Crippen LogP contribution in [0.25, 0.3) is 22.2 Å². The normalized spacial score (nSPS) is 14.8. The van der Waals surface area contributed by atoms with Gasteiger partial charge in [-0.05, 0) is 22.0 Å². The minimum Gasteiger partial charge on any atom is -0.368 e. The van der Waals surface area contributed by atoms with Crippen LogP contribution >= 0.6 is 15.9 Å². The maximum absolute atomic E-state index is 14.3. The predicted molar refractivity (Wildman–Crippen MR) is 94.1 cm³/mol. The lowest BCUT2D eigenvalue weighted by Gasteiger charge is -2.39. The van der Waals surface area contributed by atoms with Gasteiger partial charge >= 0.3 is 0 Å². The molecule has 4 rings (SSSR count). The molecule has 1 fully saturated rings. The van der Waals surface area contributed by atoms with Gasteiger partial charge in [-0.3, -0.25) is 4.79 Å². The quantitative estimate of drug-likeness (QED) is 0.662. The third-order valence-electron chi connectivity index (χ3n) is 4.40. The van der Waals surface area contributed by atoms with Crippen LogP contribution in [0, 0.1) is 5.82 Å². The van der Waals surface area contributed by atoms with E-state index < -0.39 is 5.82 Å². The molecule has 0 bridgehead atoms. The fourth-order valence-electron chi connectivity index (χ4n) is 3.07. The fraction of sp³-hybridized carbons (Fsp3) is 0.250. The van der Waals surface area contributed by atoms with E-state index in [9.17, 15) is 9.18 Å². The molecule has 1 aliphatic heterocycles. The minimum atomic E-state index is -0.542. The number of rotatable bonds is 2. The van der Waals surface area contributed by atoms with E-state index in [0.29, 0.717) is 23.3 Å². The molecule has 0 saturated carbocycles. The molecule has 3 aromatic heterocycles. The van der Waals surface area contributed by atoms with Gasteiger partial charge in [-0.1, -0.05) is 0 Å². The van der Waals surface area contributed by atoms with E-state index >= 15 is 0 Å². The topological polar surface area (TPSA) is 89.9 Å². The molecular formula is C16H14BrFN6O. The van der Waals surface area contributed by atoms with Crippen molar-refractivity contribution in [2.45, 2.75) is 13.0 Å². The second-order valence-corrected chi connectivity index (χ2v) is 6.79. The van der Waals surface area contributed by atoms with Crippen LogP contribution in [0.5, 0.6) is 0 Å². The molecule has 128 valence electrons. The Balaban J connectivity index is 1.86. The van der Waals surface area contributed by atoms with E-state index in [1.54, 1.807) is 18.0 Å². The summed E-state index contributed by atoms with van der Waals surface area (Å²) in [5.74, 6) is -0.486. The first-order valence-corrected chi connectivity index (χ1v) is 8.43. The number of anilines is 1. The van der Waals surface area contributed by atoms with Gasteiger partial charge in [0.25, 0.3) is 0 Å². The van der Waals surface area contributed by atoms with Crippen molar-refractivity contribution >= 4 is 38.7 Å². The molecule has 1 amide bonds. The molecule has 0 radical (unpaired) electrons. The SMILES string of the molecule is CC(=O)N1CC(n2cc(-c3nc(N)ncc3F)c3cc(Br)ncc32)C1. The number of likely N-dealkylation sites (tertiary alicyclic amines) is 1. The van der Waals surface area contributed by atoms with Crippen molar-refractivity contribution in [2.24, 2.45) is 0 Å². The lowest BCUT2D eigenvalue weighted by atomic mass is 10.1. The lowest BCUT2D eigenvalue weighted by Crippen LogP contribution is -2.49. The standard InChI is InChI=1S/C16H14BrFN6O/c1-8(25)23-5-9(6-23)24-7-11(10-2-14(17)20-4-13(10)24)15-12(18)3-21-16(19)22-15/h2-4,7,9H,5-6H2,1H3,(H2,19,21,22). The first-order valence-electron chi connectivity index (χ1n) is 7.64. The monoisotopic (exact) mass is 404 g/mol. The highest BCUT2D eigenvalue weighted by molar-refractivity contribution is 9.10. The van der Waals surface area contributed by atoms with Crippen molar-refractivity contribution in [1.29, 1.82) is 0 Å². The number of halogens is 2. The van der Waals surface area contributed by atoms with Crippen LogP contribution < -0.4 is 5.73 Å². The number of hydrogen-bond acceptors (Lipinski definition) is 5. The third-order valence-corrected chi connectivity index (χ3v) is 4.84. The number of carbonyl (C=O) groups excluding carboxylic acids is 1. The number of pyridine rings is 1. The van der Waals surface area contributed by atoms with Crippen LogP contribution in [0.15, 0.2) is 29.3 Å². The Labute approximate surface area is 150 Å². The number of fused-ring (bicyclic) bond motifs is 1. The number of nitrogens with two attached hydrogens (primary N) is 1. The molecule has 0 aromatic carbocycles. The van der Waals surface area contributed by atoms with Gasteiger partial charge in [-0.25, -0.2) is 19.3 Å². The van der Waals surface area contributed by atoms with Gasteiger partial charge in [0.15, 0.2) is 5.82 Å². The molecule has 3 aromatic rings. The predicted octanol–water partition coefficient (Wildman–Crippen LogP) is 2.38. The van der Waals surface area contributed by atoms with Crippen molar-refractivity contribution < 1.29 is 9.18 Å². The molecule has 1 aliphatic rings. The molecule has 0 unspecified atom stereocenters. The summed E-state index contributed by atoms with van der Waals surface area (Å²) in [6.45, 7) is 2.78. The van der Waals surface area contributed by atoms with Crippen molar-refractivity contribution in [3.8, 4) is 11.3 Å². The first-order chi connectivity index (χ1) is 11.9. The summed E-state index contributed by atoms with van der Waals surface area (Å²) in [5.41, 5.74) is 7.25. The average molecular weight is 405 g/mol. The highest BCUT2D eigenvalue weighted by atomic mass is 79.9. The van der Waals surface area contributed by atoms with Crippen molar-refractivity contribution in [1.82, 2.24) is 24.4 Å². The summed E-state index contributed by atoms with van der Waals surface area (Å²) in [6, 6.07) is 1.94. The maximum atomic E-state index is 14.3. The van der Waals surface area contributed by atoms with Crippen LogP contribution in [-0.4, -0.2) is 43.4 Å². The lowest BCUT2D eigenvalue weighted by molar-refractivity contribution is -0.134. The van der Waals surface area contributed by atoms with E-state index in [1.165, 1.54) is 0 Å². The summed E-state index contributed by atoms with van der Waals surface area (Å²) in [4.78, 5) is 25.2. The molecule has 25 heavy (non-hydrogen) atoms. The molecular weight excluding hydrogens is 391 g/mol. The van der Waals surface area contributed by atoms with Crippen molar-refractivity contribution in [2.75, 3.05) is 18.8 Å². The molecule has 0 atom stereocenters. The van der Waals surface area contributed by atoms with Crippen LogP contribution in [0.2, 0.25) is 0 Å². The van der Waals surface area contributed by atoms with Gasteiger partial charge in [-0.2, -0.15) is 0 Å². The Morgan fingerprint density at radius 1 is 1.36 bits per heavy atom. The van der Waals surface area contributed by atoms with E-state index in [0.717, 1.165) is 17.1 Å². The number of nitrogens with zero attached hydrogens (tertiary/aromatic N) is 5. The second kappa shape index (κ2) is 5.76. The fourth-order valence-corrected chi connectivity index (χ4v) is 3.40. The van der Waals surface area contributed by atoms with E-state index in [2.05, 4.69) is 30.9 Å². The van der Waals surface area contributed by atoms with Crippen LogP contribution in [0.4, 0.5) is 10.3 Å². The van der Waals surface area contributed by atoms with Gasteiger partial charge in [0.1, 0.15) is 10.3 Å². The third kappa shape index (κ3) is 2.64. The molecule has 0 aliphatic carbocycles. The Morgan fingerprint density at radius 2 is 2.12 bits per heavy atom. The van der Waals surface area contributed by atoms with Gasteiger partial charge in [0, 0.05) is 37.2 Å². The largest absolute Gasteiger partial charge is 0.368 e. The Bertz CT molecular complexity index is 998. The Kier molecular flexibility index (Phi) is 3.68. The van der Waals surface area contributed by atoms with Gasteiger partial charge in [0.05, 0.1) is 24.0 Å². The zero-order chi connectivity index (χ0) is 17.7. The molecule has 0 spiro atoms. The number of hydrogen-bond donors (Lipinski definition) is 1. The molecule has 7 nitrogen and oxygen atoms in total. The van der Waals surface area contributed by atoms with Crippen molar-refractivity contribution in [3.63, 3.8) is 0 Å². The van der Waals surface area contributed by atoms with E-state index in [4.69, 9.17) is 5.73 Å². The van der Waals surface area contributed by atoms with Crippen LogP contribution in [0.1, 0.15) is 13.0 Å². The van der Waals surface area contributed by atoms with Crippen molar-refractivity contribution in [3.05, 3.63) is 35.1 Å². The summed E-state index contributed by atoms with van der Waals surface area (Å²) >= 11 is 3.35. The van der Waals surface area contributed by atoms with Crippen LogP contribution in [0.3, 0.4) is 0 Å². The Hall–Kier alpha value is -2.55. The second-order valence-electron chi connectivity index (χ2n) is 5.98. The number of nitrogen functional groups attached to an aromatic ring is 1. The van der Waals surface area contributed by atoms with Crippen LogP contribution in [-0.2, 0) is 4.79 Å².